The van der Waals surface area contributed by atoms with Gasteiger partial charge in [0.15, 0.2) is 12.0 Å². The molecule has 0 amide bonds. The van der Waals surface area contributed by atoms with Crippen LogP contribution in [0.3, 0.4) is 0 Å². The average Bonchev–Trinajstić information content (AvgIpc) is 3.10. The third kappa shape index (κ3) is 8.51. The van der Waals surface area contributed by atoms with Gasteiger partial charge in [0, 0.05) is 12.6 Å². The van der Waals surface area contributed by atoms with Gasteiger partial charge in [0.05, 0.1) is 10.8 Å². The molecule has 2 N–H and O–H groups in total. The van der Waals surface area contributed by atoms with Crippen molar-refractivity contribution >= 4 is 25.6 Å². The second-order valence-corrected chi connectivity index (χ2v) is 11.9. The fourth-order valence-corrected chi connectivity index (χ4v) is 3.61. The maximum Gasteiger partial charge on any atom is 0.480 e. The van der Waals surface area contributed by atoms with Crippen LogP contribution in [0.15, 0.2) is 17.1 Å². The number of nitrogens with one attached hydrogen (secondary N) is 1. The number of halogens is 2. The number of phosphoric ester groups is 1. The molecular formula is C21H32F2N3O11P. The molecule has 0 spiro atoms. The summed E-state index contributed by atoms with van der Waals surface area (Å²) in [6, 6.07) is 1.15. The van der Waals surface area contributed by atoms with E-state index in [-0.39, 0.29) is 5.82 Å². The summed E-state index contributed by atoms with van der Waals surface area (Å²) in [6.07, 6.45) is -3.39. The van der Waals surface area contributed by atoms with Crippen molar-refractivity contribution in [2.24, 2.45) is 10.8 Å². The zero-order chi connectivity index (χ0) is 28.9. The summed E-state index contributed by atoms with van der Waals surface area (Å²) in [5.41, 5.74) is -1.20. The normalized spacial score (nSPS) is 22.2. The topological polar surface area (TPSA) is 174 Å². The highest BCUT2D eigenvalue weighted by molar-refractivity contribution is 7.48. The van der Waals surface area contributed by atoms with Gasteiger partial charge in [-0.05, 0) is 47.6 Å². The Morgan fingerprint density at radius 3 is 2.13 bits per heavy atom. The molecule has 17 heteroatoms. The van der Waals surface area contributed by atoms with Crippen LogP contribution in [-0.2, 0) is 41.9 Å². The standard InChI is InChI=1S/C21H32F2N3O11P/c1-19(2,3)16(27)32-11-35-38(31,36-12-33-17(28)20(4,5)6)34-10-21(23)13(22)9-15(37-21)26-8-7-14(25-30)24-18(26)29/h7-8,13,15,30H,9-12H2,1-6H3,(H,24,25,29)/t13-,15+,21+/m0/s1. The van der Waals surface area contributed by atoms with Crippen molar-refractivity contribution in [3.05, 3.63) is 22.7 Å². The second-order valence-electron chi connectivity index (χ2n) is 10.3. The second kappa shape index (κ2) is 12.1. The number of hydrogen-bond donors (Lipinski definition) is 2. The molecule has 2 heterocycles. The molecule has 1 aliphatic rings. The molecule has 216 valence electrons. The van der Waals surface area contributed by atoms with E-state index in [1.54, 1.807) is 47.0 Å². The number of nitrogens with zero attached hydrogens (tertiary/aromatic N) is 2. The van der Waals surface area contributed by atoms with E-state index in [1.807, 2.05) is 0 Å². The SMILES string of the molecule is CC(C)(C)C(=O)OCOP(=O)(OCOC(=O)C(C)(C)C)OC[C@@]1(F)O[C@@H](n2ccc(NO)nc2=O)C[C@@H]1F. The summed E-state index contributed by atoms with van der Waals surface area (Å²) in [5.74, 6) is -4.90. The molecule has 0 aliphatic carbocycles. The van der Waals surface area contributed by atoms with Gasteiger partial charge in [0.25, 0.3) is 5.85 Å². The van der Waals surface area contributed by atoms with Gasteiger partial charge in [-0.1, -0.05) is 0 Å². The molecule has 1 aliphatic heterocycles. The van der Waals surface area contributed by atoms with Crippen LogP contribution in [0.25, 0.3) is 0 Å². The predicted molar refractivity (Wildman–Crippen MR) is 124 cm³/mol. The van der Waals surface area contributed by atoms with E-state index in [0.29, 0.717) is 0 Å². The first-order valence-corrected chi connectivity index (χ1v) is 12.7. The number of anilines is 1. The zero-order valence-corrected chi connectivity index (χ0v) is 22.7. The first-order chi connectivity index (χ1) is 17.4. The van der Waals surface area contributed by atoms with Crippen molar-refractivity contribution in [1.29, 1.82) is 0 Å². The van der Waals surface area contributed by atoms with Crippen molar-refractivity contribution in [2.75, 3.05) is 25.7 Å². The summed E-state index contributed by atoms with van der Waals surface area (Å²) < 4.78 is 73.3. The van der Waals surface area contributed by atoms with Crippen molar-refractivity contribution in [2.45, 2.75) is 66.2 Å². The first kappa shape index (κ1) is 31.7. The Hall–Kier alpha value is -2.49. The number of esters is 2. The molecule has 2 rings (SSSR count). The Morgan fingerprint density at radius 1 is 1.16 bits per heavy atom. The van der Waals surface area contributed by atoms with Crippen LogP contribution in [-0.4, -0.2) is 58.9 Å². The lowest BCUT2D eigenvalue weighted by molar-refractivity contribution is -0.197. The lowest BCUT2D eigenvalue weighted by Crippen LogP contribution is -2.37. The Bertz CT molecular complexity index is 1070. The van der Waals surface area contributed by atoms with E-state index in [9.17, 15) is 23.3 Å². The fraction of sp³-hybridized carbons (Fsp3) is 0.714. The molecular weight excluding hydrogens is 539 g/mol. The van der Waals surface area contributed by atoms with Gasteiger partial charge in [0.1, 0.15) is 12.8 Å². The van der Waals surface area contributed by atoms with Gasteiger partial charge in [0.2, 0.25) is 13.6 Å². The minimum atomic E-state index is -4.83. The van der Waals surface area contributed by atoms with E-state index in [2.05, 4.69) is 4.98 Å². The smallest absolute Gasteiger partial charge is 0.437 e. The van der Waals surface area contributed by atoms with E-state index >= 15 is 4.39 Å². The van der Waals surface area contributed by atoms with Gasteiger partial charge >= 0.3 is 25.5 Å². The summed E-state index contributed by atoms with van der Waals surface area (Å²) in [6.45, 7) is 6.03. The van der Waals surface area contributed by atoms with E-state index < -0.39 is 81.1 Å². The van der Waals surface area contributed by atoms with Crippen LogP contribution >= 0.6 is 7.82 Å². The monoisotopic (exact) mass is 571 g/mol. The van der Waals surface area contributed by atoms with Gasteiger partial charge in [-0.25, -0.2) is 27.2 Å². The molecule has 0 aromatic carbocycles. The molecule has 38 heavy (non-hydrogen) atoms. The fourth-order valence-electron chi connectivity index (χ4n) is 2.69. The molecule has 3 atom stereocenters. The molecule has 14 nitrogen and oxygen atoms in total. The van der Waals surface area contributed by atoms with Crippen molar-refractivity contribution in [3.63, 3.8) is 0 Å². The largest absolute Gasteiger partial charge is 0.480 e. The van der Waals surface area contributed by atoms with Gasteiger partial charge in [-0.3, -0.25) is 29.4 Å². The molecule has 0 bridgehead atoms. The van der Waals surface area contributed by atoms with Gasteiger partial charge < -0.3 is 14.2 Å². The van der Waals surface area contributed by atoms with Crippen LogP contribution in [0.4, 0.5) is 14.6 Å². The number of carbonyl (C=O) groups is 2. The van der Waals surface area contributed by atoms with Crippen molar-refractivity contribution in [1.82, 2.24) is 9.55 Å². The highest BCUT2D eigenvalue weighted by Crippen LogP contribution is 2.52. The van der Waals surface area contributed by atoms with Crippen molar-refractivity contribution in [3.8, 4) is 0 Å². The van der Waals surface area contributed by atoms with Crippen LogP contribution in [0, 0.1) is 10.8 Å². The van der Waals surface area contributed by atoms with Crippen LogP contribution in [0.1, 0.15) is 54.2 Å². The Labute approximate surface area is 217 Å². The molecule has 1 aromatic heterocycles. The highest BCUT2D eigenvalue weighted by Gasteiger charge is 2.53. The number of aromatic nitrogens is 2. The van der Waals surface area contributed by atoms with Crippen LogP contribution in [0.5, 0.6) is 0 Å². The number of carbonyl (C=O) groups excluding carboxylic acids is 2. The van der Waals surface area contributed by atoms with Crippen LogP contribution in [0.2, 0.25) is 0 Å². The molecule has 1 fully saturated rings. The lowest BCUT2D eigenvalue weighted by Gasteiger charge is -2.25. The number of phosphoric acid groups is 1. The predicted octanol–water partition coefficient (Wildman–Crippen LogP) is 3.22. The first-order valence-electron chi connectivity index (χ1n) is 11.3. The zero-order valence-electron chi connectivity index (χ0n) is 21.8. The maximum atomic E-state index is 15.3. The quantitative estimate of drug-likeness (QED) is 0.172. The van der Waals surface area contributed by atoms with Gasteiger partial charge in [-0.15, -0.1) is 0 Å². The number of rotatable bonds is 11. The Balaban J connectivity index is 2.11. The Morgan fingerprint density at radius 2 is 1.68 bits per heavy atom. The highest BCUT2D eigenvalue weighted by atomic mass is 31.2. The van der Waals surface area contributed by atoms with Crippen molar-refractivity contribution < 1.29 is 55.9 Å². The molecule has 0 radical (unpaired) electrons. The molecule has 0 unspecified atom stereocenters. The summed E-state index contributed by atoms with van der Waals surface area (Å²) in [7, 11) is -4.83. The minimum Gasteiger partial charge on any atom is -0.437 e. The number of hydrogen-bond acceptors (Lipinski definition) is 13. The molecule has 0 saturated carbocycles. The maximum absolute atomic E-state index is 15.3. The summed E-state index contributed by atoms with van der Waals surface area (Å²) >= 11 is 0. The van der Waals surface area contributed by atoms with E-state index in [0.717, 1.165) is 16.8 Å². The summed E-state index contributed by atoms with van der Waals surface area (Å²) in [5, 5.41) is 8.82. The third-order valence-corrected chi connectivity index (χ3v) is 6.20. The Kier molecular flexibility index (Phi) is 10.1. The third-order valence-electron chi connectivity index (χ3n) is 4.91. The molecule has 1 saturated heterocycles. The number of ether oxygens (including phenoxy) is 3. The van der Waals surface area contributed by atoms with Gasteiger partial charge in [-0.2, -0.15) is 4.98 Å². The number of alkyl halides is 2. The van der Waals surface area contributed by atoms with Crippen LogP contribution < -0.4 is 11.2 Å². The molecule has 1 aromatic rings. The summed E-state index contributed by atoms with van der Waals surface area (Å²) in [4.78, 5) is 39.4. The van der Waals surface area contributed by atoms with E-state index in [4.69, 9.17) is 33.0 Å². The average molecular weight is 571 g/mol. The van der Waals surface area contributed by atoms with E-state index in [1.165, 1.54) is 0 Å². The lowest BCUT2D eigenvalue weighted by atomic mass is 9.98. The minimum absolute atomic E-state index is 0.203.